The van der Waals surface area contributed by atoms with Crippen molar-refractivity contribution >= 4 is 17.8 Å². The number of piperazine rings is 1. The molecule has 29 heavy (non-hydrogen) atoms. The highest BCUT2D eigenvalue weighted by molar-refractivity contribution is 6.05. The number of nitrogens with zero attached hydrogens (tertiary/aromatic N) is 2. The number of carbonyl (C=O) groups excluding carboxylic acids is 2. The molecule has 0 saturated carbocycles. The van der Waals surface area contributed by atoms with Crippen molar-refractivity contribution < 1.29 is 14.0 Å². The predicted molar refractivity (Wildman–Crippen MR) is 113 cm³/mol. The highest BCUT2D eigenvalue weighted by Gasteiger charge is 2.25. The van der Waals surface area contributed by atoms with Gasteiger partial charge in [0.25, 0.3) is 5.91 Å². The molecule has 1 aliphatic carbocycles. The number of amides is 1. The van der Waals surface area contributed by atoms with Gasteiger partial charge in [-0.3, -0.25) is 14.5 Å². The Bertz CT molecular complexity index is 962. The van der Waals surface area contributed by atoms with Crippen LogP contribution in [0.4, 0.5) is 0 Å². The first-order valence-corrected chi connectivity index (χ1v) is 9.87. The number of rotatable bonds is 5. The highest BCUT2D eigenvalue weighted by atomic mass is 16.3. The molecule has 1 fully saturated rings. The van der Waals surface area contributed by atoms with Gasteiger partial charge in [-0.15, -0.1) is 0 Å². The fourth-order valence-corrected chi connectivity index (χ4v) is 3.63. The van der Waals surface area contributed by atoms with Gasteiger partial charge in [-0.2, -0.15) is 0 Å². The van der Waals surface area contributed by atoms with E-state index in [0.717, 1.165) is 31.7 Å². The fourth-order valence-electron chi connectivity index (χ4n) is 3.63. The molecule has 2 aliphatic rings. The van der Waals surface area contributed by atoms with Gasteiger partial charge >= 0.3 is 0 Å². The number of ketones is 1. The number of furan rings is 1. The summed E-state index contributed by atoms with van der Waals surface area (Å²) >= 11 is 0. The number of carbonyl (C=O) groups is 2. The molecule has 0 bridgehead atoms. The zero-order chi connectivity index (χ0) is 20.2. The number of hydrogen-bond acceptors (Lipinski definition) is 4. The summed E-state index contributed by atoms with van der Waals surface area (Å²) in [5, 5.41) is 0. The van der Waals surface area contributed by atoms with Crippen molar-refractivity contribution in [2.45, 2.75) is 13.0 Å². The molecule has 2 aromatic rings. The number of aryl methyl sites for hydroxylation is 1. The van der Waals surface area contributed by atoms with Gasteiger partial charge in [-0.1, -0.05) is 42.5 Å². The molecule has 1 aliphatic heterocycles. The summed E-state index contributed by atoms with van der Waals surface area (Å²) in [7, 11) is 0. The molecule has 0 unspecified atom stereocenters. The summed E-state index contributed by atoms with van der Waals surface area (Å²) in [5.41, 5.74) is 1.53. The molecular formula is C24H24N2O3. The van der Waals surface area contributed by atoms with Crippen molar-refractivity contribution in [2.24, 2.45) is 0 Å². The van der Waals surface area contributed by atoms with Crippen molar-refractivity contribution in [1.82, 2.24) is 9.80 Å². The van der Waals surface area contributed by atoms with Crippen molar-refractivity contribution in [3.63, 3.8) is 0 Å². The van der Waals surface area contributed by atoms with Crippen LogP contribution in [0, 0.1) is 6.92 Å². The van der Waals surface area contributed by atoms with Gasteiger partial charge in [0, 0.05) is 37.8 Å². The van der Waals surface area contributed by atoms with Crippen LogP contribution in [0.15, 0.2) is 71.2 Å². The zero-order valence-corrected chi connectivity index (χ0v) is 16.5. The molecule has 0 N–H and O–H groups in total. The van der Waals surface area contributed by atoms with Crippen LogP contribution >= 0.6 is 0 Å². The first kappa shape index (κ1) is 19.2. The number of allylic oxidation sites excluding steroid dienone is 3. The lowest BCUT2D eigenvalue weighted by molar-refractivity contribution is 0.0625. The summed E-state index contributed by atoms with van der Waals surface area (Å²) in [6.45, 7) is 5.02. The van der Waals surface area contributed by atoms with Crippen LogP contribution in [0.3, 0.4) is 0 Å². The molecule has 2 heterocycles. The summed E-state index contributed by atoms with van der Waals surface area (Å²) in [4.78, 5) is 29.2. The highest BCUT2D eigenvalue weighted by Crippen LogP contribution is 2.16. The van der Waals surface area contributed by atoms with Crippen LogP contribution in [0.1, 0.15) is 32.2 Å². The van der Waals surface area contributed by atoms with Crippen molar-refractivity contribution in [1.29, 1.82) is 0 Å². The number of hydrogen-bond donors (Lipinski definition) is 0. The average Bonchev–Trinajstić information content (AvgIpc) is 3.44. The van der Waals surface area contributed by atoms with Crippen molar-refractivity contribution in [2.75, 3.05) is 26.2 Å². The minimum atomic E-state index is -0.178. The SMILES string of the molecule is Cc1ccc(C(=O)/C=C/c2ccc(C(=O)N3CCN(C4C=CC=C4)CC3)cc2)o1. The van der Waals surface area contributed by atoms with Gasteiger partial charge in [-0.05, 0) is 42.8 Å². The molecule has 0 spiro atoms. The van der Waals surface area contributed by atoms with Gasteiger partial charge < -0.3 is 9.32 Å². The van der Waals surface area contributed by atoms with Gasteiger partial charge in [0.2, 0.25) is 5.78 Å². The summed E-state index contributed by atoms with van der Waals surface area (Å²) in [6, 6.07) is 11.2. The van der Waals surface area contributed by atoms with Crippen LogP contribution < -0.4 is 0 Å². The molecule has 1 aromatic carbocycles. The molecule has 0 atom stereocenters. The standard InChI is InChI=1S/C24H24N2O3/c1-18-6-13-23(29-18)22(27)12-9-19-7-10-20(11-8-19)24(28)26-16-14-25(15-17-26)21-4-2-3-5-21/h2-13,21H,14-17H2,1H3/b12-9+. The van der Waals surface area contributed by atoms with Crippen LogP contribution in [0.5, 0.6) is 0 Å². The predicted octanol–water partition coefficient (Wildman–Crippen LogP) is 3.74. The minimum absolute atomic E-state index is 0.0554. The second kappa shape index (κ2) is 8.45. The van der Waals surface area contributed by atoms with E-state index in [9.17, 15) is 9.59 Å². The molecule has 0 radical (unpaired) electrons. The Labute approximate surface area is 170 Å². The maximum atomic E-state index is 12.8. The van der Waals surface area contributed by atoms with Gasteiger partial charge in [-0.25, -0.2) is 0 Å². The van der Waals surface area contributed by atoms with E-state index in [4.69, 9.17) is 4.42 Å². The third-order valence-corrected chi connectivity index (χ3v) is 5.32. The first-order chi connectivity index (χ1) is 14.1. The minimum Gasteiger partial charge on any atom is -0.458 e. The lowest BCUT2D eigenvalue weighted by Crippen LogP contribution is -2.51. The zero-order valence-electron chi connectivity index (χ0n) is 16.5. The lowest BCUT2D eigenvalue weighted by atomic mass is 10.1. The van der Waals surface area contributed by atoms with E-state index in [1.54, 1.807) is 25.1 Å². The fraction of sp³-hybridized carbons (Fsp3) is 0.250. The molecule has 5 heteroatoms. The van der Waals surface area contributed by atoms with E-state index in [1.807, 2.05) is 29.2 Å². The second-order valence-electron chi connectivity index (χ2n) is 7.32. The Morgan fingerprint density at radius 2 is 1.66 bits per heavy atom. The van der Waals surface area contributed by atoms with E-state index in [-0.39, 0.29) is 11.7 Å². The third-order valence-electron chi connectivity index (χ3n) is 5.32. The Balaban J connectivity index is 1.33. The van der Waals surface area contributed by atoms with E-state index in [1.165, 1.54) is 6.08 Å². The summed E-state index contributed by atoms with van der Waals surface area (Å²) in [5.74, 6) is 0.915. The summed E-state index contributed by atoms with van der Waals surface area (Å²) in [6.07, 6.45) is 11.7. The third kappa shape index (κ3) is 4.46. The quantitative estimate of drug-likeness (QED) is 0.578. The average molecular weight is 388 g/mol. The maximum absolute atomic E-state index is 12.8. The van der Waals surface area contributed by atoms with Crippen molar-refractivity contribution in [3.05, 3.63) is 89.4 Å². The largest absolute Gasteiger partial charge is 0.458 e. The molecular weight excluding hydrogens is 364 g/mol. The molecule has 1 saturated heterocycles. The molecule has 1 amide bonds. The molecule has 5 nitrogen and oxygen atoms in total. The topological polar surface area (TPSA) is 53.8 Å². The van der Waals surface area contributed by atoms with E-state index in [2.05, 4.69) is 29.2 Å². The van der Waals surface area contributed by atoms with Crippen LogP contribution in [-0.4, -0.2) is 53.7 Å². The van der Waals surface area contributed by atoms with Crippen LogP contribution in [0.2, 0.25) is 0 Å². The molecule has 148 valence electrons. The number of benzene rings is 1. The lowest BCUT2D eigenvalue weighted by Gasteiger charge is -2.37. The Hall–Kier alpha value is -3.18. The Morgan fingerprint density at radius 3 is 2.28 bits per heavy atom. The van der Waals surface area contributed by atoms with Gasteiger partial charge in [0.1, 0.15) is 5.76 Å². The van der Waals surface area contributed by atoms with Crippen molar-refractivity contribution in [3.8, 4) is 0 Å². The van der Waals surface area contributed by atoms with Gasteiger partial charge in [0.15, 0.2) is 5.76 Å². The van der Waals surface area contributed by atoms with Crippen LogP contribution in [0.25, 0.3) is 6.08 Å². The Morgan fingerprint density at radius 1 is 0.966 bits per heavy atom. The maximum Gasteiger partial charge on any atom is 0.253 e. The Kier molecular flexibility index (Phi) is 5.58. The van der Waals surface area contributed by atoms with Gasteiger partial charge in [0.05, 0.1) is 0 Å². The van der Waals surface area contributed by atoms with E-state index >= 15 is 0 Å². The van der Waals surface area contributed by atoms with E-state index in [0.29, 0.717) is 23.1 Å². The molecule has 4 rings (SSSR count). The monoisotopic (exact) mass is 388 g/mol. The second-order valence-corrected chi connectivity index (χ2v) is 7.32. The van der Waals surface area contributed by atoms with E-state index < -0.39 is 0 Å². The molecule has 1 aromatic heterocycles. The summed E-state index contributed by atoms with van der Waals surface area (Å²) < 4.78 is 5.33. The van der Waals surface area contributed by atoms with Crippen LogP contribution in [-0.2, 0) is 0 Å². The normalized spacial score (nSPS) is 17.5. The first-order valence-electron chi connectivity index (χ1n) is 9.87. The smallest absolute Gasteiger partial charge is 0.253 e.